The summed E-state index contributed by atoms with van der Waals surface area (Å²) >= 11 is 0. The first kappa shape index (κ1) is 18.8. The molecule has 0 aliphatic heterocycles. The zero-order valence-corrected chi connectivity index (χ0v) is 12.1. The molecule has 0 rings (SSSR count). The lowest BCUT2D eigenvalue weighted by atomic mass is 10.3. The highest BCUT2D eigenvalue weighted by Crippen LogP contribution is 1.89. The summed E-state index contributed by atoms with van der Waals surface area (Å²) < 4.78 is 0. The SMILES string of the molecule is NCCN(CCNCCNCCC(N)=O)CCC(N)=O. The summed E-state index contributed by atoms with van der Waals surface area (Å²) in [5, 5.41) is 6.38. The summed E-state index contributed by atoms with van der Waals surface area (Å²) in [6.07, 6.45) is 0.714. The fourth-order valence-electron chi connectivity index (χ4n) is 1.66. The van der Waals surface area contributed by atoms with Crippen LogP contribution in [0.2, 0.25) is 0 Å². The van der Waals surface area contributed by atoms with Crippen LogP contribution in [-0.2, 0) is 9.59 Å². The normalized spacial score (nSPS) is 10.9. The van der Waals surface area contributed by atoms with Crippen LogP contribution in [0, 0.1) is 0 Å². The van der Waals surface area contributed by atoms with Gasteiger partial charge in [-0.2, -0.15) is 0 Å². The first-order valence-corrected chi connectivity index (χ1v) is 6.96. The smallest absolute Gasteiger partial charge is 0.218 e. The van der Waals surface area contributed by atoms with E-state index < -0.39 is 0 Å². The second kappa shape index (κ2) is 12.8. The van der Waals surface area contributed by atoms with E-state index in [0.717, 1.165) is 32.7 Å². The van der Waals surface area contributed by atoms with Crippen molar-refractivity contribution >= 4 is 11.8 Å². The summed E-state index contributed by atoms with van der Waals surface area (Å²) in [4.78, 5) is 23.3. The Morgan fingerprint density at radius 2 is 1.40 bits per heavy atom. The van der Waals surface area contributed by atoms with Gasteiger partial charge in [-0.3, -0.25) is 9.59 Å². The zero-order valence-electron chi connectivity index (χ0n) is 12.1. The third-order valence-corrected chi connectivity index (χ3v) is 2.75. The molecule has 0 heterocycles. The van der Waals surface area contributed by atoms with Gasteiger partial charge in [-0.1, -0.05) is 0 Å². The first-order valence-electron chi connectivity index (χ1n) is 6.96. The monoisotopic (exact) mass is 288 g/mol. The van der Waals surface area contributed by atoms with Crippen LogP contribution in [0.15, 0.2) is 0 Å². The number of hydrogen-bond donors (Lipinski definition) is 5. The van der Waals surface area contributed by atoms with Gasteiger partial charge < -0.3 is 32.7 Å². The van der Waals surface area contributed by atoms with Crippen molar-refractivity contribution in [1.29, 1.82) is 0 Å². The van der Waals surface area contributed by atoms with Crippen molar-refractivity contribution < 1.29 is 9.59 Å². The number of nitrogens with zero attached hydrogens (tertiary/aromatic N) is 1. The average molecular weight is 288 g/mol. The van der Waals surface area contributed by atoms with Gasteiger partial charge in [0.05, 0.1) is 0 Å². The van der Waals surface area contributed by atoms with Crippen molar-refractivity contribution in [3.8, 4) is 0 Å². The summed E-state index contributed by atoms with van der Waals surface area (Å²) in [5.74, 6) is -0.587. The molecule has 0 radical (unpaired) electrons. The minimum atomic E-state index is -0.294. The minimum absolute atomic E-state index is 0.293. The van der Waals surface area contributed by atoms with Gasteiger partial charge in [0.2, 0.25) is 11.8 Å². The van der Waals surface area contributed by atoms with E-state index in [2.05, 4.69) is 15.5 Å². The van der Waals surface area contributed by atoms with Crippen LogP contribution in [0.5, 0.6) is 0 Å². The Balaban J connectivity index is 3.48. The maximum atomic E-state index is 10.7. The van der Waals surface area contributed by atoms with Crippen molar-refractivity contribution in [3.63, 3.8) is 0 Å². The standard InChI is InChI=1S/C12H28N6O2/c13-3-9-18(8-2-12(15)20)10-7-17-6-5-16-4-1-11(14)19/h16-17H,1-10,13H2,(H2,14,19)(H2,15,20). The van der Waals surface area contributed by atoms with Crippen molar-refractivity contribution in [1.82, 2.24) is 15.5 Å². The van der Waals surface area contributed by atoms with Gasteiger partial charge in [0.1, 0.15) is 0 Å². The van der Waals surface area contributed by atoms with Crippen LogP contribution >= 0.6 is 0 Å². The molecule has 8 heteroatoms. The number of primary amides is 2. The van der Waals surface area contributed by atoms with Crippen molar-refractivity contribution in [2.45, 2.75) is 12.8 Å². The minimum Gasteiger partial charge on any atom is -0.370 e. The number of carbonyl (C=O) groups is 2. The summed E-state index contributed by atoms with van der Waals surface area (Å²) in [6.45, 7) is 5.80. The highest BCUT2D eigenvalue weighted by Gasteiger charge is 2.05. The number of nitrogens with one attached hydrogen (secondary N) is 2. The van der Waals surface area contributed by atoms with Gasteiger partial charge in [-0.05, 0) is 0 Å². The lowest BCUT2D eigenvalue weighted by molar-refractivity contribution is -0.119. The van der Waals surface area contributed by atoms with E-state index in [1.165, 1.54) is 0 Å². The van der Waals surface area contributed by atoms with Crippen LogP contribution < -0.4 is 27.8 Å². The maximum absolute atomic E-state index is 10.7. The topological polar surface area (TPSA) is 140 Å². The fraction of sp³-hybridized carbons (Fsp3) is 0.833. The predicted octanol–water partition coefficient (Wildman–Crippen LogP) is -2.82. The molecule has 0 saturated carbocycles. The highest BCUT2D eigenvalue weighted by atomic mass is 16.1. The Morgan fingerprint density at radius 1 is 0.800 bits per heavy atom. The molecule has 118 valence electrons. The third kappa shape index (κ3) is 13.2. The Bertz CT molecular complexity index is 275. The molecule has 0 aliphatic rings. The summed E-state index contributed by atoms with van der Waals surface area (Å²) in [5.41, 5.74) is 15.7. The second-order valence-electron chi connectivity index (χ2n) is 4.56. The van der Waals surface area contributed by atoms with Gasteiger partial charge in [-0.25, -0.2) is 0 Å². The Hall–Kier alpha value is -1.22. The molecule has 0 saturated heterocycles. The second-order valence-corrected chi connectivity index (χ2v) is 4.56. The molecule has 2 amide bonds. The third-order valence-electron chi connectivity index (χ3n) is 2.75. The molecule has 0 fully saturated rings. The van der Waals surface area contributed by atoms with E-state index in [1.54, 1.807) is 0 Å². The van der Waals surface area contributed by atoms with E-state index in [1.807, 2.05) is 0 Å². The van der Waals surface area contributed by atoms with Crippen molar-refractivity contribution in [2.75, 3.05) is 52.4 Å². The molecule has 0 spiro atoms. The first-order chi connectivity index (χ1) is 9.56. The molecule has 0 atom stereocenters. The van der Waals surface area contributed by atoms with Gasteiger partial charge >= 0.3 is 0 Å². The van der Waals surface area contributed by atoms with Gasteiger partial charge in [-0.15, -0.1) is 0 Å². The number of rotatable bonds is 14. The van der Waals surface area contributed by atoms with E-state index in [-0.39, 0.29) is 11.8 Å². The largest absolute Gasteiger partial charge is 0.370 e. The summed E-state index contributed by atoms with van der Waals surface area (Å²) in [7, 11) is 0. The van der Waals surface area contributed by atoms with E-state index in [0.29, 0.717) is 32.5 Å². The van der Waals surface area contributed by atoms with Crippen LogP contribution in [0.25, 0.3) is 0 Å². The molecule has 20 heavy (non-hydrogen) atoms. The molecule has 0 aromatic heterocycles. The predicted molar refractivity (Wildman–Crippen MR) is 78.9 cm³/mol. The van der Waals surface area contributed by atoms with Crippen LogP contribution in [-0.4, -0.2) is 69.1 Å². The van der Waals surface area contributed by atoms with Crippen LogP contribution in [0.1, 0.15) is 12.8 Å². The Morgan fingerprint density at radius 3 is 1.95 bits per heavy atom. The molecular formula is C12H28N6O2. The Labute approximate surface area is 120 Å². The zero-order chi connectivity index (χ0) is 15.2. The van der Waals surface area contributed by atoms with Crippen molar-refractivity contribution in [2.24, 2.45) is 17.2 Å². The molecule has 8 N–H and O–H groups in total. The van der Waals surface area contributed by atoms with E-state index >= 15 is 0 Å². The average Bonchev–Trinajstić information content (AvgIpc) is 2.38. The Kier molecular flexibility index (Phi) is 12.0. The van der Waals surface area contributed by atoms with Gasteiger partial charge in [0.25, 0.3) is 0 Å². The number of amides is 2. The van der Waals surface area contributed by atoms with Crippen LogP contribution in [0.3, 0.4) is 0 Å². The maximum Gasteiger partial charge on any atom is 0.218 e. The van der Waals surface area contributed by atoms with Gasteiger partial charge in [0, 0.05) is 65.2 Å². The fourth-order valence-corrected chi connectivity index (χ4v) is 1.66. The van der Waals surface area contributed by atoms with E-state index in [9.17, 15) is 9.59 Å². The number of hydrogen-bond acceptors (Lipinski definition) is 6. The van der Waals surface area contributed by atoms with E-state index in [4.69, 9.17) is 17.2 Å². The molecule has 0 unspecified atom stereocenters. The molecular weight excluding hydrogens is 260 g/mol. The molecule has 0 bridgehead atoms. The highest BCUT2D eigenvalue weighted by molar-refractivity contribution is 5.74. The van der Waals surface area contributed by atoms with Crippen molar-refractivity contribution in [3.05, 3.63) is 0 Å². The lowest BCUT2D eigenvalue weighted by Gasteiger charge is -2.21. The quantitative estimate of drug-likeness (QED) is 0.218. The summed E-state index contributed by atoms with van der Waals surface area (Å²) in [6, 6.07) is 0. The molecule has 0 aromatic rings. The molecule has 0 aliphatic carbocycles. The number of carbonyl (C=O) groups excluding carboxylic acids is 2. The number of nitrogens with two attached hydrogens (primary N) is 3. The van der Waals surface area contributed by atoms with Gasteiger partial charge in [0.15, 0.2) is 0 Å². The molecule has 0 aromatic carbocycles. The molecule has 8 nitrogen and oxygen atoms in total. The van der Waals surface area contributed by atoms with Crippen LogP contribution in [0.4, 0.5) is 0 Å². The lowest BCUT2D eigenvalue weighted by Crippen LogP contribution is -2.39.